The summed E-state index contributed by atoms with van der Waals surface area (Å²) in [7, 11) is -4.44. The predicted octanol–water partition coefficient (Wildman–Crippen LogP) is 3.54. The molecule has 0 saturated heterocycles. The van der Waals surface area contributed by atoms with Crippen LogP contribution in [0.1, 0.15) is 11.1 Å². The Morgan fingerprint density at radius 1 is 0.800 bits per heavy atom. The van der Waals surface area contributed by atoms with E-state index < -0.39 is 10.1 Å². The number of hydrogen-bond donors (Lipinski definition) is 3. The number of aromatic nitrogens is 2. The Labute approximate surface area is 169 Å². The van der Waals surface area contributed by atoms with Gasteiger partial charge in [0, 0.05) is 21.7 Å². The van der Waals surface area contributed by atoms with Crippen molar-refractivity contribution in [2.24, 2.45) is 0 Å². The number of H-pyrrole nitrogens is 2. The van der Waals surface area contributed by atoms with Crippen LogP contribution in [0.3, 0.4) is 0 Å². The average Bonchev–Trinajstić information content (AvgIpc) is 2.69. The molecule has 2 heterocycles. The molecule has 0 amide bonds. The van der Waals surface area contributed by atoms with Crippen molar-refractivity contribution in [3.05, 3.63) is 74.0 Å². The minimum Gasteiger partial charge on any atom is -0.354 e. The molecule has 0 aliphatic rings. The number of benzene rings is 3. The molecule has 150 valence electrons. The molecule has 30 heavy (non-hydrogen) atoms. The lowest BCUT2D eigenvalue weighted by Crippen LogP contribution is -2.11. The molecule has 8 heteroatoms. The van der Waals surface area contributed by atoms with Crippen LogP contribution in [-0.2, 0) is 10.1 Å². The highest BCUT2D eigenvalue weighted by molar-refractivity contribution is 7.85. The van der Waals surface area contributed by atoms with Crippen molar-refractivity contribution in [1.82, 2.24) is 9.97 Å². The smallest absolute Gasteiger partial charge is 0.294 e. The van der Waals surface area contributed by atoms with Gasteiger partial charge < -0.3 is 9.97 Å². The van der Waals surface area contributed by atoms with Gasteiger partial charge in [0.1, 0.15) is 0 Å². The number of rotatable bonds is 1. The van der Waals surface area contributed by atoms with Gasteiger partial charge in [-0.3, -0.25) is 14.1 Å². The van der Waals surface area contributed by atoms with E-state index in [4.69, 9.17) is 0 Å². The normalized spacial score (nSPS) is 12.4. The number of fused-ring (bicyclic) bond motifs is 4. The molecule has 2 aromatic heterocycles. The first-order valence-electron chi connectivity index (χ1n) is 9.19. The molecule has 0 atom stereocenters. The largest absolute Gasteiger partial charge is 0.354 e. The van der Waals surface area contributed by atoms with Crippen LogP contribution < -0.4 is 10.9 Å². The third-order valence-electron chi connectivity index (χ3n) is 5.62. The summed E-state index contributed by atoms with van der Waals surface area (Å²) in [5.74, 6) is 0. The first-order valence-corrected chi connectivity index (χ1v) is 10.6. The van der Waals surface area contributed by atoms with Crippen LogP contribution in [0.15, 0.2) is 56.9 Å². The van der Waals surface area contributed by atoms with Crippen LogP contribution in [0.2, 0.25) is 0 Å². The molecule has 0 bridgehead atoms. The van der Waals surface area contributed by atoms with Crippen molar-refractivity contribution in [2.75, 3.05) is 0 Å². The summed E-state index contributed by atoms with van der Waals surface area (Å²) in [4.78, 5) is 32.5. The second kappa shape index (κ2) is 6.01. The van der Waals surface area contributed by atoms with E-state index in [9.17, 15) is 22.6 Å². The first kappa shape index (κ1) is 18.5. The summed E-state index contributed by atoms with van der Waals surface area (Å²) in [5, 5.41) is 1.52. The van der Waals surface area contributed by atoms with Crippen LogP contribution in [0.25, 0.3) is 43.6 Å². The van der Waals surface area contributed by atoms with Gasteiger partial charge in [-0.05, 0) is 55.3 Å². The van der Waals surface area contributed by atoms with Crippen LogP contribution in [0.5, 0.6) is 0 Å². The van der Waals surface area contributed by atoms with Crippen molar-refractivity contribution >= 4 is 53.7 Å². The van der Waals surface area contributed by atoms with Crippen molar-refractivity contribution in [3.8, 4) is 0 Å². The van der Waals surface area contributed by atoms with Gasteiger partial charge in [-0.25, -0.2) is 0 Å². The Balaban J connectivity index is 2.01. The zero-order valence-electron chi connectivity index (χ0n) is 16.0. The van der Waals surface area contributed by atoms with E-state index in [1.165, 1.54) is 12.1 Å². The van der Waals surface area contributed by atoms with E-state index in [1.807, 2.05) is 19.1 Å². The van der Waals surface area contributed by atoms with Crippen LogP contribution in [0.4, 0.5) is 0 Å². The van der Waals surface area contributed by atoms with E-state index >= 15 is 0 Å². The molecular weight excluding hydrogens is 404 g/mol. The van der Waals surface area contributed by atoms with E-state index in [1.54, 1.807) is 19.1 Å². The Kier molecular flexibility index (Phi) is 3.71. The van der Waals surface area contributed by atoms with Crippen LogP contribution in [-0.4, -0.2) is 22.9 Å². The average molecular weight is 420 g/mol. The van der Waals surface area contributed by atoms with E-state index in [-0.39, 0.29) is 21.1 Å². The fourth-order valence-electron chi connectivity index (χ4n) is 4.10. The van der Waals surface area contributed by atoms with Crippen molar-refractivity contribution in [1.29, 1.82) is 0 Å². The van der Waals surface area contributed by atoms with Crippen molar-refractivity contribution < 1.29 is 13.0 Å². The molecule has 5 rings (SSSR count). The van der Waals surface area contributed by atoms with Gasteiger partial charge in [0.15, 0.2) is 10.9 Å². The van der Waals surface area contributed by atoms with Gasteiger partial charge in [-0.2, -0.15) is 8.42 Å². The van der Waals surface area contributed by atoms with Crippen LogP contribution in [0, 0.1) is 13.8 Å². The van der Waals surface area contributed by atoms with Gasteiger partial charge in [0.2, 0.25) is 0 Å². The molecule has 0 aliphatic heterocycles. The highest BCUT2D eigenvalue weighted by Crippen LogP contribution is 2.27. The Bertz CT molecular complexity index is 1780. The lowest BCUT2D eigenvalue weighted by Gasteiger charge is -2.11. The predicted molar refractivity (Wildman–Crippen MR) is 117 cm³/mol. The van der Waals surface area contributed by atoms with E-state index in [0.29, 0.717) is 43.8 Å². The summed E-state index contributed by atoms with van der Waals surface area (Å²) in [6, 6.07) is 10.9. The highest BCUT2D eigenvalue weighted by atomic mass is 32.2. The van der Waals surface area contributed by atoms with E-state index in [2.05, 4.69) is 9.97 Å². The summed E-state index contributed by atoms with van der Waals surface area (Å²) < 4.78 is 32.3. The second-order valence-electron chi connectivity index (χ2n) is 7.43. The standard InChI is InChI=1S/C22H16N2O5S/c1-10-4-3-5-13-19(10)24-17-9-15-20(11(2)18(17)22(13)26)23-16-7-6-12(30(27,28)29)8-14(16)21(15)25/h3-9H,1-2H3,(H,23,25)(H,24,26)(H,27,28,29). The maximum Gasteiger partial charge on any atom is 0.294 e. The molecule has 0 fully saturated rings. The SMILES string of the molecule is Cc1cccc2c(=O)c3c(C)c4[nH]c5ccc(S(=O)(=O)O)cc5c(=O)c4cc3[nH]c12. The third kappa shape index (κ3) is 2.51. The number of aromatic amines is 2. The first-order chi connectivity index (χ1) is 14.2. The summed E-state index contributed by atoms with van der Waals surface area (Å²) in [6.45, 7) is 3.67. The summed E-state index contributed by atoms with van der Waals surface area (Å²) >= 11 is 0. The Hall–Kier alpha value is -3.49. The molecule has 7 nitrogen and oxygen atoms in total. The maximum atomic E-state index is 13.2. The zero-order valence-corrected chi connectivity index (χ0v) is 16.8. The van der Waals surface area contributed by atoms with Gasteiger partial charge in [0.05, 0.1) is 26.8 Å². The second-order valence-corrected chi connectivity index (χ2v) is 8.86. The maximum absolute atomic E-state index is 13.2. The number of nitrogens with one attached hydrogen (secondary N) is 2. The van der Waals surface area contributed by atoms with Gasteiger partial charge >= 0.3 is 0 Å². The molecule has 3 aromatic carbocycles. The molecule has 0 spiro atoms. The third-order valence-corrected chi connectivity index (χ3v) is 6.47. The minimum absolute atomic E-state index is 0.121. The summed E-state index contributed by atoms with van der Waals surface area (Å²) in [6.07, 6.45) is 0. The molecule has 3 N–H and O–H groups in total. The molecular formula is C22H16N2O5S. The van der Waals surface area contributed by atoms with Gasteiger partial charge in [-0.15, -0.1) is 0 Å². The Morgan fingerprint density at radius 3 is 2.27 bits per heavy atom. The highest BCUT2D eigenvalue weighted by Gasteiger charge is 2.17. The molecule has 5 aromatic rings. The number of aryl methyl sites for hydroxylation is 2. The minimum atomic E-state index is -4.44. The number of hydrogen-bond acceptors (Lipinski definition) is 4. The molecule has 0 saturated carbocycles. The fraction of sp³-hybridized carbons (Fsp3) is 0.0909. The molecule has 0 aliphatic carbocycles. The topological polar surface area (TPSA) is 120 Å². The van der Waals surface area contributed by atoms with Gasteiger partial charge in [0.25, 0.3) is 10.1 Å². The van der Waals surface area contributed by atoms with Crippen molar-refractivity contribution in [3.63, 3.8) is 0 Å². The monoisotopic (exact) mass is 420 g/mol. The van der Waals surface area contributed by atoms with Crippen molar-refractivity contribution in [2.45, 2.75) is 18.7 Å². The molecule has 0 unspecified atom stereocenters. The molecule has 0 radical (unpaired) electrons. The number of para-hydroxylation sites is 1. The Morgan fingerprint density at radius 2 is 1.53 bits per heavy atom. The van der Waals surface area contributed by atoms with Gasteiger partial charge in [-0.1, -0.05) is 12.1 Å². The summed E-state index contributed by atoms with van der Waals surface area (Å²) in [5.41, 5.74) is 3.19. The fourth-order valence-corrected chi connectivity index (χ4v) is 4.61. The lowest BCUT2D eigenvalue weighted by atomic mass is 10.00. The number of pyridine rings is 2. The van der Waals surface area contributed by atoms with Crippen LogP contribution >= 0.6 is 0 Å². The van der Waals surface area contributed by atoms with E-state index in [0.717, 1.165) is 11.6 Å². The quantitative estimate of drug-likeness (QED) is 0.283. The lowest BCUT2D eigenvalue weighted by molar-refractivity contribution is 0.483. The zero-order chi connectivity index (χ0) is 21.4.